The summed E-state index contributed by atoms with van der Waals surface area (Å²) in [5.74, 6) is 3.76. The van der Waals surface area contributed by atoms with Gasteiger partial charge in [0.2, 0.25) is 47.1 Å². The molecule has 0 fully saturated rings. The van der Waals surface area contributed by atoms with E-state index in [0.717, 1.165) is 39.4 Å². The molecule has 0 spiro atoms. The predicted octanol–water partition coefficient (Wildman–Crippen LogP) is 10.6. The van der Waals surface area contributed by atoms with Gasteiger partial charge in [-0.05, 0) is 61.9 Å². The average molecular weight is 777 g/mol. The van der Waals surface area contributed by atoms with Gasteiger partial charge in [-0.15, -0.1) is 40.8 Å². The molecular formula is C44H44N10O4. The van der Waals surface area contributed by atoms with Crippen LogP contribution >= 0.6 is 0 Å². The van der Waals surface area contributed by atoms with Crippen molar-refractivity contribution in [2.75, 3.05) is 0 Å². The highest BCUT2D eigenvalue weighted by Crippen LogP contribution is 2.36. The van der Waals surface area contributed by atoms with E-state index < -0.39 is 0 Å². The number of aryl methyl sites for hydroxylation is 2. The van der Waals surface area contributed by atoms with Crippen LogP contribution in [0.4, 0.5) is 0 Å². The van der Waals surface area contributed by atoms with Crippen molar-refractivity contribution < 1.29 is 17.7 Å². The number of nitrogens with zero attached hydrogens (tertiary/aromatic N) is 10. The van der Waals surface area contributed by atoms with Crippen molar-refractivity contribution in [1.29, 1.82) is 0 Å². The molecule has 0 N–H and O–H groups in total. The van der Waals surface area contributed by atoms with Gasteiger partial charge in [0.15, 0.2) is 0 Å². The van der Waals surface area contributed by atoms with Crippen LogP contribution in [0.5, 0.6) is 0 Å². The maximum absolute atomic E-state index is 5.86. The number of fused-ring (bicyclic) bond motifs is 6. The molecule has 58 heavy (non-hydrogen) atoms. The second kappa shape index (κ2) is 16.1. The van der Waals surface area contributed by atoms with E-state index in [1.165, 1.54) is 21.8 Å². The Bertz CT molecular complexity index is 3020. The highest BCUT2D eigenvalue weighted by molar-refractivity contribution is 6.10. The molecule has 0 amide bonds. The van der Waals surface area contributed by atoms with Gasteiger partial charge in [-0.25, -0.2) is 0 Å². The van der Waals surface area contributed by atoms with Gasteiger partial charge in [0.1, 0.15) is 12.8 Å². The molecule has 6 aromatic heterocycles. The third kappa shape index (κ3) is 7.15. The van der Waals surface area contributed by atoms with Gasteiger partial charge >= 0.3 is 0 Å². The van der Waals surface area contributed by atoms with Crippen molar-refractivity contribution >= 4 is 49.8 Å². The van der Waals surface area contributed by atoms with E-state index in [4.69, 9.17) is 17.7 Å². The van der Waals surface area contributed by atoms with Crippen LogP contribution < -0.4 is 0 Å². The topological polar surface area (TPSA) is 166 Å². The lowest BCUT2D eigenvalue weighted by Gasteiger charge is -2.14. The Morgan fingerprint density at radius 2 is 0.983 bits per heavy atom. The molecule has 0 bridgehead atoms. The molecule has 0 aliphatic carbocycles. The van der Waals surface area contributed by atoms with Crippen molar-refractivity contribution in [2.45, 2.75) is 67.9 Å². The lowest BCUT2D eigenvalue weighted by molar-refractivity contribution is 0.445. The van der Waals surface area contributed by atoms with Crippen LogP contribution in [-0.2, 0) is 12.8 Å². The maximum Gasteiger partial charge on any atom is 0.247 e. The molecule has 10 rings (SSSR count). The first kappa shape index (κ1) is 39.0. The fourth-order valence-corrected chi connectivity index (χ4v) is 7.09. The molecule has 0 saturated heterocycles. The zero-order valence-corrected chi connectivity index (χ0v) is 31.2. The summed E-state index contributed by atoms with van der Waals surface area (Å²) in [6.45, 7) is 11.9. The van der Waals surface area contributed by atoms with Crippen molar-refractivity contribution in [3.63, 3.8) is 0 Å². The van der Waals surface area contributed by atoms with Crippen molar-refractivity contribution in [3.8, 4) is 22.9 Å². The predicted molar refractivity (Wildman–Crippen MR) is 224 cm³/mol. The minimum atomic E-state index is 0. The first-order chi connectivity index (χ1) is 27.4. The van der Waals surface area contributed by atoms with E-state index >= 15 is 0 Å². The van der Waals surface area contributed by atoms with Crippen LogP contribution in [-0.4, -0.2) is 49.9 Å². The normalized spacial score (nSPS) is 11.7. The summed E-state index contributed by atoms with van der Waals surface area (Å²) in [6.07, 6.45) is 3.52. The molecule has 1 atom stereocenters. The highest BCUT2D eigenvalue weighted by Gasteiger charge is 2.18. The van der Waals surface area contributed by atoms with Gasteiger partial charge in [-0.1, -0.05) is 64.8 Å². The Morgan fingerprint density at radius 1 is 0.552 bits per heavy atom. The van der Waals surface area contributed by atoms with Crippen LogP contribution in [0.2, 0.25) is 0 Å². The molecule has 14 heteroatoms. The zero-order chi connectivity index (χ0) is 38.3. The van der Waals surface area contributed by atoms with E-state index in [0.29, 0.717) is 66.0 Å². The SMILES string of the molecule is C.C.C=Cn1c2ccccc2c2cc(-c3nnc(Cc4nnc(C)o4)o3)ccc21.CCC(C)n1c2ccccc2c2cc(-c3nnc(Cc4nnc(C)o4)o3)ccc21. The largest absolute Gasteiger partial charge is 0.425 e. The van der Waals surface area contributed by atoms with Crippen molar-refractivity contribution in [2.24, 2.45) is 0 Å². The summed E-state index contributed by atoms with van der Waals surface area (Å²) in [5, 5.41) is 36.9. The molecule has 0 aliphatic heterocycles. The molecule has 1 unspecified atom stereocenters. The summed E-state index contributed by atoms with van der Waals surface area (Å²) in [5.41, 5.74) is 6.39. The first-order valence-corrected chi connectivity index (χ1v) is 18.3. The quantitative estimate of drug-likeness (QED) is 0.136. The minimum absolute atomic E-state index is 0. The Kier molecular flexibility index (Phi) is 10.8. The van der Waals surface area contributed by atoms with E-state index in [2.05, 4.69) is 125 Å². The summed E-state index contributed by atoms with van der Waals surface area (Å²) >= 11 is 0. The molecule has 6 heterocycles. The lowest BCUT2D eigenvalue weighted by Crippen LogP contribution is -2.02. The maximum atomic E-state index is 5.86. The molecule has 10 aromatic rings. The smallest absolute Gasteiger partial charge is 0.247 e. The fraction of sp³-hybridized carbons (Fsp3) is 0.227. The molecule has 0 radical (unpaired) electrons. The summed E-state index contributed by atoms with van der Waals surface area (Å²) < 4.78 is 26.9. The van der Waals surface area contributed by atoms with Gasteiger partial charge in [0.05, 0.1) is 11.0 Å². The number of benzene rings is 4. The van der Waals surface area contributed by atoms with Crippen LogP contribution in [0.1, 0.15) is 76.5 Å². The van der Waals surface area contributed by atoms with Gasteiger partial charge in [0, 0.05) is 69.8 Å². The van der Waals surface area contributed by atoms with E-state index in [9.17, 15) is 0 Å². The third-order valence-electron chi connectivity index (χ3n) is 9.80. The number of para-hydroxylation sites is 2. The van der Waals surface area contributed by atoms with Crippen molar-refractivity contribution in [1.82, 2.24) is 49.9 Å². The van der Waals surface area contributed by atoms with Crippen molar-refractivity contribution in [3.05, 3.63) is 127 Å². The summed E-state index contributed by atoms with van der Waals surface area (Å²) in [4.78, 5) is 0. The van der Waals surface area contributed by atoms with Gasteiger partial charge in [-0.3, -0.25) is 0 Å². The van der Waals surface area contributed by atoms with Crippen LogP contribution in [0, 0.1) is 13.8 Å². The standard InChI is InChI=1S/C22H21N5O2.C20H15N5O2.2CH4/c1-4-13(2)27-18-8-6-5-7-16(18)17-11-15(9-10-19(17)27)22-26-25-21(29-22)12-20-24-23-14(3)28-20;1-3-25-16-7-5-4-6-14(16)15-10-13(8-9-17(15)25)20-24-23-19(27-20)11-18-22-21-12(2)26-18;;/h5-11,13H,4,12H2,1-3H3;3-10H,1,11H2,2H3;2*1H4. The van der Waals surface area contributed by atoms with Crippen LogP contribution in [0.3, 0.4) is 0 Å². The number of rotatable bonds is 9. The second-order valence-electron chi connectivity index (χ2n) is 13.5. The first-order valence-electron chi connectivity index (χ1n) is 18.3. The second-order valence-corrected chi connectivity index (χ2v) is 13.5. The van der Waals surface area contributed by atoms with E-state index in [1.54, 1.807) is 13.8 Å². The highest BCUT2D eigenvalue weighted by atomic mass is 16.4. The van der Waals surface area contributed by atoms with Crippen LogP contribution in [0.25, 0.3) is 72.7 Å². The number of hydrogen-bond acceptors (Lipinski definition) is 12. The third-order valence-corrected chi connectivity index (χ3v) is 9.80. The molecule has 294 valence electrons. The van der Waals surface area contributed by atoms with Gasteiger partial charge in [0.25, 0.3) is 0 Å². The molecule has 4 aromatic carbocycles. The Morgan fingerprint density at radius 3 is 1.50 bits per heavy atom. The molecule has 14 nitrogen and oxygen atoms in total. The van der Waals surface area contributed by atoms with E-state index in [-0.39, 0.29) is 14.9 Å². The zero-order valence-electron chi connectivity index (χ0n) is 31.2. The minimum Gasteiger partial charge on any atom is -0.425 e. The summed E-state index contributed by atoms with van der Waals surface area (Å²) in [6, 6.07) is 29.5. The Labute approximate surface area is 334 Å². The Balaban J connectivity index is 0.000000171. The molecular weight excluding hydrogens is 733 g/mol. The molecule has 0 saturated carbocycles. The number of hydrogen-bond donors (Lipinski definition) is 0. The Hall–Kier alpha value is -7.22. The van der Waals surface area contributed by atoms with E-state index in [1.807, 2.05) is 36.5 Å². The fourth-order valence-electron chi connectivity index (χ4n) is 7.09. The lowest BCUT2D eigenvalue weighted by atomic mass is 10.1. The average Bonchev–Trinajstić information content (AvgIpc) is 4.09. The van der Waals surface area contributed by atoms with Crippen LogP contribution in [0.15, 0.2) is 109 Å². The monoisotopic (exact) mass is 776 g/mol. The number of aromatic nitrogens is 10. The van der Waals surface area contributed by atoms with Gasteiger partial charge in [-0.2, -0.15) is 0 Å². The molecule has 0 aliphatic rings. The summed E-state index contributed by atoms with van der Waals surface area (Å²) in [7, 11) is 0. The van der Waals surface area contributed by atoms with Gasteiger partial charge < -0.3 is 26.8 Å².